The number of hydrogen-bond donors (Lipinski definition) is 0. The van der Waals surface area contributed by atoms with Gasteiger partial charge < -0.3 is 18.5 Å². The van der Waals surface area contributed by atoms with Crippen molar-refractivity contribution in [2.45, 2.75) is 26.4 Å². The van der Waals surface area contributed by atoms with Crippen LogP contribution in [0.1, 0.15) is 11.1 Å². The molecule has 0 amide bonds. The first-order chi connectivity index (χ1) is 12.4. The van der Waals surface area contributed by atoms with E-state index < -0.39 is 21.5 Å². The molecule has 0 aliphatic rings. The third kappa shape index (κ3) is 7.43. The van der Waals surface area contributed by atoms with Gasteiger partial charge in [-0.25, -0.2) is 0 Å². The molecular formula is C16H15F4O5P. The van der Waals surface area contributed by atoms with Gasteiger partial charge in [-0.1, -0.05) is 24.3 Å². The lowest BCUT2D eigenvalue weighted by Crippen LogP contribution is -2.01. The lowest BCUT2D eigenvalue weighted by molar-refractivity contribution is -0.0505. The average Bonchev–Trinajstić information content (AvgIpc) is 2.59. The molecule has 2 aromatic carbocycles. The Hall–Kier alpha value is -2.09. The number of benzene rings is 2. The molecular weight excluding hydrogens is 379 g/mol. The fraction of sp³-hybridized carbons (Fsp3) is 0.250. The minimum absolute atomic E-state index is 0.00641. The van der Waals surface area contributed by atoms with Gasteiger partial charge in [-0.05, 0) is 35.4 Å². The zero-order chi connectivity index (χ0) is 18.9. The van der Waals surface area contributed by atoms with Crippen molar-refractivity contribution in [2.24, 2.45) is 0 Å². The maximum absolute atomic E-state index is 12.0. The molecule has 0 unspecified atom stereocenters. The molecule has 142 valence electrons. The van der Waals surface area contributed by atoms with E-state index >= 15 is 0 Å². The third-order valence-electron chi connectivity index (χ3n) is 3.01. The molecule has 2 aromatic rings. The van der Waals surface area contributed by atoms with Crippen molar-refractivity contribution >= 4 is 8.25 Å². The Balaban J connectivity index is 1.73. The highest BCUT2D eigenvalue weighted by Crippen LogP contribution is 2.28. The molecule has 0 N–H and O–H groups in total. The Morgan fingerprint density at radius 2 is 1.04 bits per heavy atom. The summed E-state index contributed by atoms with van der Waals surface area (Å²) in [7, 11) is -2.79. The standard InChI is InChI=1S/C16H15F4O5P/c17-15(18)24-13-5-1-11(2-6-13)9-22-26(21)23-10-12-3-7-14(8-4-12)25-16(19)20/h1-8,15-16,26H,9-10H2. The fourth-order valence-corrected chi connectivity index (χ4v) is 2.51. The first-order valence-corrected chi connectivity index (χ1v) is 8.52. The van der Waals surface area contributed by atoms with E-state index in [0.29, 0.717) is 11.1 Å². The minimum Gasteiger partial charge on any atom is -0.435 e. The SMILES string of the molecule is O=[PH](OCc1ccc(OC(F)F)cc1)OCc1ccc(OC(F)F)cc1. The van der Waals surface area contributed by atoms with Crippen LogP contribution in [-0.4, -0.2) is 13.2 Å². The predicted octanol–water partition coefficient (Wildman–Crippen LogP) is 5.01. The lowest BCUT2D eigenvalue weighted by atomic mass is 10.2. The lowest BCUT2D eigenvalue weighted by Gasteiger charge is -2.08. The number of rotatable bonds is 10. The minimum atomic E-state index is -2.90. The molecule has 5 nitrogen and oxygen atoms in total. The van der Waals surface area contributed by atoms with Crippen LogP contribution in [0.15, 0.2) is 48.5 Å². The zero-order valence-electron chi connectivity index (χ0n) is 13.2. The van der Waals surface area contributed by atoms with Crippen LogP contribution in [0.4, 0.5) is 17.6 Å². The highest BCUT2D eigenvalue weighted by molar-refractivity contribution is 7.33. The van der Waals surface area contributed by atoms with Crippen molar-refractivity contribution in [1.82, 2.24) is 0 Å². The Bertz CT molecular complexity index is 635. The van der Waals surface area contributed by atoms with E-state index in [2.05, 4.69) is 9.47 Å². The number of hydrogen-bond acceptors (Lipinski definition) is 5. The zero-order valence-corrected chi connectivity index (χ0v) is 14.2. The van der Waals surface area contributed by atoms with Gasteiger partial charge in [0.25, 0.3) is 0 Å². The summed E-state index contributed by atoms with van der Waals surface area (Å²) in [6, 6.07) is 11.3. The quantitative estimate of drug-likeness (QED) is 0.419. The second-order valence-electron chi connectivity index (χ2n) is 4.87. The van der Waals surface area contributed by atoms with Crippen LogP contribution < -0.4 is 9.47 Å². The highest BCUT2D eigenvalue weighted by Gasteiger charge is 2.07. The summed E-state index contributed by atoms with van der Waals surface area (Å²) in [6.07, 6.45) is 0. The molecule has 0 fully saturated rings. The van der Waals surface area contributed by atoms with Gasteiger partial charge in [-0.3, -0.25) is 4.57 Å². The van der Waals surface area contributed by atoms with Crippen LogP contribution in [0.5, 0.6) is 11.5 Å². The Kier molecular flexibility index (Phi) is 7.90. The molecule has 26 heavy (non-hydrogen) atoms. The third-order valence-corrected chi connectivity index (χ3v) is 3.77. The summed E-state index contributed by atoms with van der Waals surface area (Å²) in [5, 5.41) is 0. The Labute approximate surface area is 147 Å². The average molecular weight is 394 g/mol. The number of alkyl halides is 4. The summed E-state index contributed by atoms with van der Waals surface area (Å²) in [5.41, 5.74) is 1.20. The van der Waals surface area contributed by atoms with Crippen molar-refractivity contribution in [1.29, 1.82) is 0 Å². The van der Waals surface area contributed by atoms with Gasteiger partial charge in [0.2, 0.25) is 0 Å². The van der Waals surface area contributed by atoms with Gasteiger partial charge in [-0.15, -0.1) is 0 Å². The van der Waals surface area contributed by atoms with Gasteiger partial charge in [0.1, 0.15) is 11.5 Å². The van der Waals surface area contributed by atoms with Crippen molar-refractivity contribution in [3.05, 3.63) is 59.7 Å². The van der Waals surface area contributed by atoms with Gasteiger partial charge in [0.15, 0.2) is 0 Å². The summed E-state index contributed by atoms with van der Waals surface area (Å²) in [5.74, 6) is 0.0128. The van der Waals surface area contributed by atoms with Crippen LogP contribution in [-0.2, 0) is 26.8 Å². The summed E-state index contributed by atoms with van der Waals surface area (Å²) in [6.45, 7) is -5.88. The second kappa shape index (κ2) is 10.2. The normalized spacial score (nSPS) is 11.3. The van der Waals surface area contributed by atoms with Gasteiger partial charge in [0, 0.05) is 0 Å². The fourth-order valence-electron chi connectivity index (χ4n) is 1.86. The first kappa shape index (κ1) is 20.2. The predicted molar refractivity (Wildman–Crippen MR) is 84.7 cm³/mol. The molecule has 0 atom stereocenters. The van der Waals surface area contributed by atoms with Gasteiger partial charge in [0.05, 0.1) is 13.2 Å². The van der Waals surface area contributed by atoms with E-state index in [0.717, 1.165) is 0 Å². The molecule has 0 saturated carbocycles. The first-order valence-electron chi connectivity index (χ1n) is 7.29. The Morgan fingerprint density at radius 3 is 1.35 bits per heavy atom. The molecule has 0 spiro atoms. The van der Waals surface area contributed by atoms with Crippen molar-refractivity contribution < 1.29 is 40.6 Å². The maximum atomic E-state index is 12.0. The van der Waals surface area contributed by atoms with Crippen molar-refractivity contribution in [3.8, 4) is 11.5 Å². The van der Waals surface area contributed by atoms with Gasteiger partial charge >= 0.3 is 21.5 Å². The van der Waals surface area contributed by atoms with Crippen molar-refractivity contribution in [3.63, 3.8) is 0 Å². The molecule has 0 aliphatic heterocycles. The van der Waals surface area contributed by atoms with Crippen molar-refractivity contribution in [2.75, 3.05) is 0 Å². The summed E-state index contributed by atoms with van der Waals surface area (Å²) >= 11 is 0. The molecule has 0 bridgehead atoms. The molecule has 0 aliphatic carbocycles. The van der Waals surface area contributed by atoms with E-state index in [9.17, 15) is 22.1 Å². The topological polar surface area (TPSA) is 54.0 Å². The molecule has 10 heteroatoms. The van der Waals surface area contributed by atoms with E-state index in [1.165, 1.54) is 48.5 Å². The number of halogens is 4. The van der Waals surface area contributed by atoms with Crippen LogP contribution in [0.3, 0.4) is 0 Å². The van der Waals surface area contributed by atoms with E-state index in [-0.39, 0.29) is 24.7 Å². The van der Waals surface area contributed by atoms with Crippen LogP contribution >= 0.6 is 8.25 Å². The summed E-state index contributed by atoms with van der Waals surface area (Å²) in [4.78, 5) is 0. The van der Waals surface area contributed by atoms with Crippen LogP contribution in [0, 0.1) is 0 Å². The maximum Gasteiger partial charge on any atom is 0.387 e. The van der Waals surface area contributed by atoms with Crippen LogP contribution in [0.2, 0.25) is 0 Å². The second-order valence-corrected chi connectivity index (χ2v) is 5.95. The van der Waals surface area contributed by atoms with E-state index in [1.807, 2.05) is 0 Å². The molecule has 0 radical (unpaired) electrons. The molecule has 0 heterocycles. The molecule has 0 saturated heterocycles. The largest absolute Gasteiger partial charge is 0.435 e. The monoisotopic (exact) mass is 394 g/mol. The number of ether oxygens (including phenoxy) is 2. The molecule has 2 rings (SSSR count). The van der Waals surface area contributed by atoms with E-state index in [1.54, 1.807) is 0 Å². The van der Waals surface area contributed by atoms with Crippen LogP contribution in [0.25, 0.3) is 0 Å². The van der Waals surface area contributed by atoms with E-state index in [4.69, 9.17) is 9.05 Å². The van der Waals surface area contributed by atoms with Gasteiger partial charge in [-0.2, -0.15) is 17.6 Å². The summed E-state index contributed by atoms with van der Waals surface area (Å²) < 4.78 is 78.4. The Morgan fingerprint density at radius 1 is 0.692 bits per heavy atom. The molecule has 0 aromatic heterocycles. The smallest absolute Gasteiger partial charge is 0.387 e. The highest BCUT2D eigenvalue weighted by atomic mass is 31.1.